The second-order valence-electron chi connectivity index (χ2n) is 4.49. The van der Waals surface area contributed by atoms with Crippen molar-refractivity contribution in [2.45, 2.75) is 13.5 Å². The van der Waals surface area contributed by atoms with Gasteiger partial charge in [-0.2, -0.15) is 0 Å². The number of halogens is 1. The zero-order chi connectivity index (χ0) is 15.4. The standard InChI is InChI=1S/C15H14BrNO4/c1-10-3-6-14(15(7-10)20-2)21-9-11-4-5-12(16)13(8-11)17(18)19/h3-8H,9H2,1-2H3. The van der Waals surface area contributed by atoms with Gasteiger partial charge in [0.2, 0.25) is 0 Å². The zero-order valence-electron chi connectivity index (χ0n) is 11.6. The molecule has 0 unspecified atom stereocenters. The first-order valence-corrected chi connectivity index (χ1v) is 7.01. The van der Waals surface area contributed by atoms with E-state index in [4.69, 9.17) is 9.47 Å². The largest absolute Gasteiger partial charge is 0.493 e. The highest BCUT2D eigenvalue weighted by atomic mass is 79.9. The van der Waals surface area contributed by atoms with Crippen molar-refractivity contribution in [3.63, 3.8) is 0 Å². The molecule has 0 aliphatic carbocycles. The summed E-state index contributed by atoms with van der Waals surface area (Å²) in [6.07, 6.45) is 0. The van der Waals surface area contributed by atoms with Crippen LogP contribution in [0.25, 0.3) is 0 Å². The van der Waals surface area contributed by atoms with E-state index in [0.29, 0.717) is 21.5 Å². The smallest absolute Gasteiger partial charge is 0.283 e. The highest BCUT2D eigenvalue weighted by Crippen LogP contribution is 2.30. The predicted octanol–water partition coefficient (Wildman–Crippen LogP) is 4.25. The molecule has 0 amide bonds. The minimum Gasteiger partial charge on any atom is -0.493 e. The molecule has 0 aliphatic rings. The molecule has 2 aromatic rings. The molecule has 2 aromatic carbocycles. The molecule has 110 valence electrons. The third kappa shape index (κ3) is 3.72. The Labute approximate surface area is 130 Å². The van der Waals surface area contributed by atoms with E-state index in [1.807, 2.05) is 25.1 Å². The summed E-state index contributed by atoms with van der Waals surface area (Å²) in [6, 6.07) is 10.5. The van der Waals surface area contributed by atoms with Gasteiger partial charge in [-0.25, -0.2) is 0 Å². The fourth-order valence-electron chi connectivity index (χ4n) is 1.84. The Kier molecular flexibility index (Phi) is 4.80. The van der Waals surface area contributed by atoms with Gasteiger partial charge in [-0.1, -0.05) is 12.1 Å². The number of nitrogens with zero attached hydrogens (tertiary/aromatic N) is 1. The van der Waals surface area contributed by atoms with Gasteiger partial charge in [-0.3, -0.25) is 10.1 Å². The quantitative estimate of drug-likeness (QED) is 0.596. The highest BCUT2D eigenvalue weighted by Gasteiger charge is 2.13. The van der Waals surface area contributed by atoms with Crippen molar-refractivity contribution in [3.8, 4) is 11.5 Å². The topological polar surface area (TPSA) is 61.6 Å². The molecule has 0 atom stereocenters. The van der Waals surface area contributed by atoms with E-state index in [2.05, 4.69) is 15.9 Å². The van der Waals surface area contributed by atoms with Gasteiger partial charge in [0.15, 0.2) is 11.5 Å². The number of nitro groups is 1. The molecule has 5 nitrogen and oxygen atoms in total. The molecule has 0 bridgehead atoms. The van der Waals surface area contributed by atoms with Crippen LogP contribution in [0.2, 0.25) is 0 Å². The summed E-state index contributed by atoms with van der Waals surface area (Å²) < 4.78 is 11.4. The van der Waals surface area contributed by atoms with Crippen molar-refractivity contribution in [2.75, 3.05) is 7.11 Å². The van der Waals surface area contributed by atoms with Crippen LogP contribution >= 0.6 is 15.9 Å². The Morgan fingerprint density at radius 1 is 1.19 bits per heavy atom. The van der Waals surface area contributed by atoms with Crippen LogP contribution in [0, 0.1) is 17.0 Å². The number of methoxy groups -OCH3 is 1. The number of ether oxygens (including phenoxy) is 2. The molecule has 0 heterocycles. The Morgan fingerprint density at radius 3 is 2.62 bits per heavy atom. The fraction of sp³-hybridized carbons (Fsp3) is 0.200. The normalized spacial score (nSPS) is 10.2. The lowest BCUT2D eigenvalue weighted by Crippen LogP contribution is -1.99. The average Bonchev–Trinajstić information content (AvgIpc) is 2.46. The van der Waals surface area contributed by atoms with E-state index in [9.17, 15) is 10.1 Å². The Hall–Kier alpha value is -2.08. The molecule has 0 N–H and O–H groups in total. The van der Waals surface area contributed by atoms with E-state index in [0.717, 1.165) is 5.56 Å². The summed E-state index contributed by atoms with van der Waals surface area (Å²) in [5.41, 5.74) is 1.80. The third-order valence-corrected chi connectivity index (χ3v) is 3.59. The van der Waals surface area contributed by atoms with Crippen molar-refractivity contribution in [3.05, 3.63) is 62.1 Å². The minimum absolute atomic E-state index is 0.0203. The molecule has 0 saturated carbocycles. The van der Waals surface area contributed by atoms with Crippen LogP contribution in [0.1, 0.15) is 11.1 Å². The Bertz CT molecular complexity index is 673. The van der Waals surface area contributed by atoms with Crippen LogP contribution in [-0.2, 0) is 6.61 Å². The van der Waals surface area contributed by atoms with Crippen LogP contribution in [-0.4, -0.2) is 12.0 Å². The summed E-state index contributed by atoms with van der Waals surface area (Å²) in [4.78, 5) is 10.5. The van der Waals surface area contributed by atoms with Gasteiger partial charge in [0, 0.05) is 6.07 Å². The van der Waals surface area contributed by atoms with Crippen LogP contribution in [0.4, 0.5) is 5.69 Å². The lowest BCUT2D eigenvalue weighted by molar-refractivity contribution is -0.385. The van der Waals surface area contributed by atoms with Crippen molar-refractivity contribution in [1.29, 1.82) is 0 Å². The number of hydrogen-bond donors (Lipinski definition) is 0. The van der Waals surface area contributed by atoms with Crippen LogP contribution in [0.15, 0.2) is 40.9 Å². The van der Waals surface area contributed by atoms with Gasteiger partial charge >= 0.3 is 0 Å². The molecule has 21 heavy (non-hydrogen) atoms. The van der Waals surface area contributed by atoms with Gasteiger partial charge in [0.25, 0.3) is 5.69 Å². The Balaban J connectivity index is 2.17. The monoisotopic (exact) mass is 351 g/mol. The van der Waals surface area contributed by atoms with E-state index >= 15 is 0 Å². The third-order valence-electron chi connectivity index (χ3n) is 2.92. The summed E-state index contributed by atoms with van der Waals surface area (Å²) >= 11 is 3.16. The molecular weight excluding hydrogens is 338 g/mol. The lowest BCUT2D eigenvalue weighted by atomic mass is 10.2. The van der Waals surface area contributed by atoms with Gasteiger partial charge in [0.05, 0.1) is 16.5 Å². The van der Waals surface area contributed by atoms with Crippen molar-refractivity contribution < 1.29 is 14.4 Å². The van der Waals surface area contributed by atoms with E-state index in [1.54, 1.807) is 19.2 Å². The van der Waals surface area contributed by atoms with E-state index in [-0.39, 0.29) is 12.3 Å². The number of hydrogen-bond acceptors (Lipinski definition) is 4. The Morgan fingerprint density at radius 2 is 1.95 bits per heavy atom. The first kappa shape index (κ1) is 15.3. The molecule has 0 saturated heterocycles. The van der Waals surface area contributed by atoms with Gasteiger partial charge in [-0.05, 0) is 52.2 Å². The summed E-state index contributed by atoms with van der Waals surface area (Å²) in [7, 11) is 1.58. The molecule has 0 spiro atoms. The van der Waals surface area contributed by atoms with Gasteiger partial charge < -0.3 is 9.47 Å². The van der Waals surface area contributed by atoms with Crippen molar-refractivity contribution >= 4 is 21.6 Å². The zero-order valence-corrected chi connectivity index (χ0v) is 13.2. The van der Waals surface area contributed by atoms with Crippen molar-refractivity contribution in [1.82, 2.24) is 0 Å². The molecule has 6 heteroatoms. The molecule has 0 fully saturated rings. The summed E-state index contributed by atoms with van der Waals surface area (Å²) in [6.45, 7) is 2.19. The number of aryl methyl sites for hydroxylation is 1. The molecule has 0 aromatic heterocycles. The van der Waals surface area contributed by atoms with Crippen LogP contribution < -0.4 is 9.47 Å². The van der Waals surface area contributed by atoms with Crippen LogP contribution in [0.3, 0.4) is 0 Å². The maximum atomic E-state index is 10.9. The first-order chi connectivity index (χ1) is 10.0. The minimum atomic E-state index is -0.431. The summed E-state index contributed by atoms with van der Waals surface area (Å²) in [5.74, 6) is 1.25. The molecule has 0 radical (unpaired) electrons. The second kappa shape index (κ2) is 6.58. The SMILES string of the molecule is COc1cc(C)ccc1OCc1ccc(Br)c([N+](=O)[O-])c1. The molecular formula is C15H14BrNO4. The number of rotatable bonds is 5. The predicted molar refractivity (Wildman–Crippen MR) is 82.9 cm³/mol. The van der Waals surface area contributed by atoms with Crippen molar-refractivity contribution in [2.24, 2.45) is 0 Å². The summed E-state index contributed by atoms with van der Waals surface area (Å²) in [5, 5.41) is 10.9. The van der Waals surface area contributed by atoms with Gasteiger partial charge in [0.1, 0.15) is 6.61 Å². The fourth-order valence-corrected chi connectivity index (χ4v) is 2.23. The first-order valence-electron chi connectivity index (χ1n) is 6.21. The second-order valence-corrected chi connectivity index (χ2v) is 5.34. The highest BCUT2D eigenvalue weighted by molar-refractivity contribution is 9.10. The maximum absolute atomic E-state index is 10.9. The van der Waals surface area contributed by atoms with E-state index < -0.39 is 4.92 Å². The number of benzene rings is 2. The van der Waals surface area contributed by atoms with Crippen LogP contribution in [0.5, 0.6) is 11.5 Å². The van der Waals surface area contributed by atoms with E-state index in [1.165, 1.54) is 6.07 Å². The lowest BCUT2D eigenvalue weighted by Gasteiger charge is -2.11. The number of nitro benzene ring substituents is 1. The maximum Gasteiger partial charge on any atom is 0.283 e. The van der Waals surface area contributed by atoms with Gasteiger partial charge in [-0.15, -0.1) is 0 Å². The average molecular weight is 352 g/mol. The molecule has 2 rings (SSSR count). The molecule has 0 aliphatic heterocycles.